The van der Waals surface area contributed by atoms with Crippen molar-refractivity contribution in [1.82, 2.24) is 19.6 Å². The van der Waals surface area contributed by atoms with Crippen molar-refractivity contribution in [2.75, 3.05) is 32.0 Å². The molecule has 2 heterocycles. The van der Waals surface area contributed by atoms with E-state index in [2.05, 4.69) is 68.0 Å². The third-order valence-electron chi connectivity index (χ3n) is 4.92. The van der Waals surface area contributed by atoms with Gasteiger partial charge in [0.1, 0.15) is 0 Å². The Balaban J connectivity index is 0. The summed E-state index contributed by atoms with van der Waals surface area (Å²) >= 11 is 10.1. The van der Waals surface area contributed by atoms with E-state index in [1.165, 1.54) is 31.5 Å². The third-order valence-corrected chi connectivity index (χ3v) is 5.43. The molecular formula is C29H52ClF3N6S. The first-order valence-corrected chi connectivity index (χ1v) is 14.8. The van der Waals surface area contributed by atoms with Crippen LogP contribution in [-0.2, 0) is 25.7 Å². The van der Waals surface area contributed by atoms with Gasteiger partial charge in [-0.3, -0.25) is 0 Å². The zero-order chi connectivity index (χ0) is 31.3. The SMILES string of the molecule is CC.CC(C)C.CCCNCCC.CNc1cc(CN)cc(C(F)(F)F)c1.Cc1nc(Cl)nc2c1CN(S)CC2. The number of nitrogens with two attached hydrogens (primary N) is 1. The number of alkyl halides is 3. The van der Waals surface area contributed by atoms with Crippen LogP contribution in [0.3, 0.4) is 0 Å². The molecule has 3 rings (SSSR count). The van der Waals surface area contributed by atoms with E-state index in [9.17, 15) is 13.2 Å². The lowest BCUT2D eigenvalue weighted by molar-refractivity contribution is -0.137. The lowest BCUT2D eigenvalue weighted by Gasteiger charge is -2.23. The van der Waals surface area contributed by atoms with Crippen molar-refractivity contribution in [3.63, 3.8) is 0 Å². The van der Waals surface area contributed by atoms with Crippen LogP contribution in [0.1, 0.15) is 89.4 Å². The second-order valence-corrected chi connectivity index (χ2v) is 10.4. The maximum atomic E-state index is 12.4. The standard InChI is InChI=1S/C9H11F3N2.C8H10ClN3S.C6H15N.C4H10.C2H6/c1-14-8-3-6(5-13)2-7(4-8)9(10,11)12;1-5-6-4-12(13)3-2-7(6)11-8(9)10-5;1-3-5-7-6-4-2;1-4(2)3;1-2/h2-4,14H,5,13H2,1H3;13H,2-4H2,1H3;7H,3-6H2,1-2H3;4H,1-3H3;1-2H3. The van der Waals surface area contributed by atoms with Crippen LogP contribution < -0.4 is 16.4 Å². The molecule has 0 unspecified atom stereocenters. The van der Waals surface area contributed by atoms with Gasteiger partial charge in [0, 0.05) is 50.0 Å². The number of nitrogens with one attached hydrogen (secondary N) is 2. The number of benzene rings is 1. The van der Waals surface area contributed by atoms with E-state index in [0.29, 0.717) is 16.5 Å². The Morgan fingerprint density at radius 3 is 2.08 bits per heavy atom. The number of anilines is 1. The van der Waals surface area contributed by atoms with Gasteiger partial charge in [0.05, 0.1) is 11.3 Å². The van der Waals surface area contributed by atoms with Crippen LogP contribution in [0.15, 0.2) is 18.2 Å². The number of aryl methyl sites for hydroxylation is 1. The Hall–Kier alpha value is -1.59. The molecule has 0 amide bonds. The van der Waals surface area contributed by atoms with Gasteiger partial charge in [-0.2, -0.15) is 13.2 Å². The molecule has 0 radical (unpaired) electrons. The second kappa shape index (κ2) is 23.0. The molecule has 11 heteroatoms. The van der Waals surface area contributed by atoms with Gasteiger partial charge in [0.15, 0.2) is 0 Å². The molecule has 1 aromatic heterocycles. The Kier molecular flexibility index (Phi) is 23.3. The minimum atomic E-state index is -4.32. The molecule has 0 aliphatic carbocycles. The van der Waals surface area contributed by atoms with E-state index < -0.39 is 11.7 Å². The lowest BCUT2D eigenvalue weighted by atomic mass is 10.1. The molecule has 2 aromatic rings. The summed E-state index contributed by atoms with van der Waals surface area (Å²) in [6.07, 6.45) is -0.918. The van der Waals surface area contributed by atoms with Gasteiger partial charge in [0.25, 0.3) is 0 Å². The highest BCUT2D eigenvalue weighted by Crippen LogP contribution is 2.31. The maximum Gasteiger partial charge on any atom is 0.416 e. The molecule has 0 fully saturated rings. The Morgan fingerprint density at radius 1 is 1.07 bits per heavy atom. The van der Waals surface area contributed by atoms with Crippen molar-refractivity contribution in [3.8, 4) is 0 Å². The highest BCUT2D eigenvalue weighted by Gasteiger charge is 2.31. The van der Waals surface area contributed by atoms with Gasteiger partial charge in [-0.05, 0) is 74.1 Å². The van der Waals surface area contributed by atoms with E-state index in [-0.39, 0.29) is 6.54 Å². The molecule has 6 nitrogen and oxygen atoms in total. The van der Waals surface area contributed by atoms with Crippen LogP contribution in [0.4, 0.5) is 18.9 Å². The predicted octanol–water partition coefficient (Wildman–Crippen LogP) is 7.93. The summed E-state index contributed by atoms with van der Waals surface area (Å²) < 4.78 is 39.0. The highest BCUT2D eigenvalue weighted by atomic mass is 35.5. The minimum absolute atomic E-state index is 0.0958. The molecule has 0 bridgehead atoms. The smallest absolute Gasteiger partial charge is 0.388 e. The third kappa shape index (κ3) is 18.7. The van der Waals surface area contributed by atoms with Crippen molar-refractivity contribution in [3.05, 3.63) is 51.6 Å². The Bertz CT molecular complexity index is 900. The fourth-order valence-electron chi connectivity index (χ4n) is 3.12. The number of rotatable bonds is 6. The van der Waals surface area contributed by atoms with Crippen LogP contribution >= 0.6 is 24.4 Å². The maximum absolute atomic E-state index is 12.4. The Morgan fingerprint density at radius 2 is 1.62 bits per heavy atom. The first-order chi connectivity index (χ1) is 18.8. The second-order valence-electron chi connectivity index (χ2n) is 9.49. The quantitative estimate of drug-likeness (QED) is 0.151. The number of fused-ring (bicyclic) bond motifs is 1. The summed E-state index contributed by atoms with van der Waals surface area (Å²) in [5.41, 5.74) is 8.70. The summed E-state index contributed by atoms with van der Waals surface area (Å²) in [7, 11) is 1.57. The average Bonchev–Trinajstić information content (AvgIpc) is 2.90. The van der Waals surface area contributed by atoms with Gasteiger partial charge in [-0.15, -0.1) is 0 Å². The number of aromatic nitrogens is 2. The van der Waals surface area contributed by atoms with E-state index in [1.807, 2.05) is 25.1 Å². The van der Waals surface area contributed by atoms with E-state index >= 15 is 0 Å². The van der Waals surface area contributed by atoms with E-state index in [0.717, 1.165) is 48.9 Å². The van der Waals surface area contributed by atoms with Gasteiger partial charge >= 0.3 is 6.18 Å². The molecule has 0 spiro atoms. The van der Waals surface area contributed by atoms with Gasteiger partial charge in [0.2, 0.25) is 5.28 Å². The number of hydrogen-bond acceptors (Lipinski definition) is 7. The molecule has 0 saturated carbocycles. The largest absolute Gasteiger partial charge is 0.416 e. The Labute approximate surface area is 251 Å². The van der Waals surface area contributed by atoms with Gasteiger partial charge < -0.3 is 16.4 Å². The van der Waals surface area contributed by atoms with E-state index in [4.69, 9.17) is 17.3 Å². The van der Waals surface area contributed by atoms with Crippen LogP contribution in [0.25, 0.3) is 0 Å². The molecular weight excluding hydrogens is 557 g/mol. The molecule has 232 valence electrons. The van der Waals surface area contributed by atoms with Crippen molar-refractivity contribution < 1.29 is 13.2 Å². The fourth-order valence-corrected chi connectivity index (χ4v) is 3.59. The molecule has 0 atom stereocenters. The number of halogens is 4. The fraction of sp³-hybridized carbons (Fsp3) is 0.655. The first kappa shape index (κ1) is 40.5. The topological polar surface area (TPSA) is 79.1 Å². The summed E-state index contributed by atoms with van der Waals surface area (Å²) in [5.74, 6) is 0.833. The zero-order valence-corrected chi connectivity index (χ0v) is 27.5. The molecule has 0 saturated heterocycles. The van der Waals surface area contributed by atoms with Crippen LogP contribution in [-0.4, -0.2) is 41.0 Å². The van der Waals surface area contributed by atoms with Crippen molar-refractivity contribution in [2.24, 2.45) is 11.7 Å². The summed E-state index contributed by atoms with van der Waals surface area (Å²) in [6, 6.07) is 3.70. The molecule has 1 aromatic carbocycles. The summed E-state index contributed by atoms with van der Waals surface area (Å²) in [5, 5.41) is 6.29. The van der Waals surface area contributed by atoms with Gasteiger partial charge in [-0.1, -0.05) is 61.3 Å². The molecule has 40 heavy (non-hydrogen) atoms. The first-order valence-electron chi connectivity index (χ1n) is 14.0. The number of hydrogen-bond donors (Lipinski definition) is 4. The van der Waals surface area contributed by atoms with Crippen LogP contribution in [0.5, 0.6) is 0 Å². The van der Waals surface area contributed by atoms with Gasteiger partial charge in [-0.25, -0.2) is 14.3 Å². The summed E-state index contributed by atoms with van der Waals surface area (Å²) in [6.45, 7) is 21.0. The lowest BCUT2D eigenvalue weighted by Crippen LogP contribution is -2.24. The average molecular weight is 609 g/mol. The zero-order valence-electron chi connectivity index (χ0n) is 25.8. The molecule has 4 N–H and O–H groups in total. The van der Waals surface area contributed by atoms with E-state index in [1.54, 1.807) is 13.1 Å². The van der Waals surface area contributed by atoms with Crippen molar-refractivity contribution >= 4 is 30.1 Å². The highest BCUT2D eigenvalue weighted by molar-refractivity contribution is 7.77. The molecule has 1 aliphatic rings. The monoisotopic (exact) mass is 608 g/mol. The van der Waals surface area contributed by atoms with Crippen LogP contribution in [0, 0.1) is 12.8 Å². The van der Waals surface area contributed by atoms with Crippen LogP contribution in [0.2, 0.25) is 5.28 Å². The number of nitrogens with zero attached hydrogens (tertiary/aromatic N) is 3. The normalized spacial score (nSPS) is 12.3. The van der Waals surface area contributed by atoms with Crippen molar-refractivity contribution in [2.45, 2.75) is 93.9 Å². The van der Waals surface area contributed by atoms with Crippen molar-refractivity contribution in [1.29, 1.82) is 0 Å². The number of thiol groups is 1. The minimum Gasteiger partial charge on any atom is -0.388 e. The predicted molar refractivity (Wildman–Crippen MR) is 169 cm³/mol. The molecule has 1 aliphatic heterocycles. The summed E-state index contributed by atoms with van der Waals surface area (Å²) in [4.78, 5) is 8.32.